The van der Waals surface area contributed by atoms with Gasteiger partial charge in [0.15, 0.2) is 0 Å². The highest BCUT2D eigenvalue weighted by Crippen LogP contribution is 2.21. The Balaban J connectivity index is 2.90. The molecule has 0 saturated heterocycles. The SMILES string of the molecule is NCCc1ccc(Cl)cc1O. The van der Waals surface area contributed by atoms with Gasteiger partial charge in [0.05, 0.1) is 0 Å². The number of phenolic OH excluding ortho intramolecular Hbond substituents is 1. The van der Waals surface area contributed by atoms with Gasteiger partial charge in [-0.1, -0.05) is 17.7 Å². The van der Waals surface area contributed by atoms with E-state index in [-0.39, 0.29) is 5.75 Å². The Hall–Kier alpha value is -0.730. The number of rotatable bonds is 2. The van der Waals surface area contributed by atoms with Crippen LogP contribution in [0.5, 0.6) is 5.75 Å². The molecule has 2 nitrogen and oxygen atoms in total. The van der Waals surface area contributed by atoms with Crippen LogP contribution in [0.1, 0.15) is 5.56 Å². The zero-order valence-corrected chi connectivity index (χ0v) is 6.80. The molecule has 0 unspecified atom stereocenters. The second-order valence-electron chi connectivity index (χ2n) is 2.31. The molecule has 0 fully saturated rings. The summed E-state index contributed by atoms with van der Waals surface area (Å²) in [6.45, 7) is 0.537. The van der Waals surface area contributed by atoms with E-state index in [1.165, 1.54) is 6.07 Å². The third-order valence-electron chi connectivity index (χ3n) is 1.46. The van der Waals surface area contributed by atoms with E-state index in [1.807, 2.05) is 0 Å². The topological polar surface area (TPSA) is 46.2 Å². The summed E-state index contributed by atoms with van der Waals surface area (Å²) in [5, 5.41) is 9.83. The molecule has 3 N–H and O–H groups in total. The van der Waals surface area contributed by atoms with Crippen molar-refractivity contribution in [2.45, 2.75) is 6.42 Å². The molecule has 3 heteroatoms. The molecule has 0 saturated carbocycles. The summed E-state index contributed by atoms with van der Waals surface area (Å²) in [5.74, 6) is 0.225. The van der Waals surface area contributed by atoms with Crippen LogP contribution in [0.15, 0.2) is 18.2 Å². The molecule has 0 radical (unpaired) electrons. The third kappa shape index (κ3) is 2.10. The minimum absolute atomic E-state index is 0.225. The molecule has 1 rings (SSSR count). The lowest BCUT2D eigenvalue weighted by Gasteiger charge is -2.01. The molecule has 0 aromatic heterocycles. The summed E-state index contributed by atoms with van der Waals surface area (Å²) in [4.78, 5) is 0. The van der Waals surface area contributed by atoms with Crippen molar-refractivity contribution < 1.29 is 5.11 Å². The highest BCUT2D eigenvalue weighted by molar-refractivity contribution is 6.30. The van der Waals surface area contributed by atoms with Gasteiger partial charge in [0.25, 0.3) is 0 Å². The van der Waals surface area contributed by atoms with E-state index in [4.69, 9.17) is 17.3 Å². The quantitative estimate of drug-likeness (QED) is 0.709. The summed E-state index contributed by atoms with van der Waals surface area (Å²) < 4.78 is 0. The van der Waals surface area contributed by atoms with Crippen molar-refractivity contribution in [2.24, 2.45) is 5.73 Å². The lowest BCUT2D eigenvalue weighted by Crippen LogP contribution is -2.02. The highest BCUT2D eigenvalue weighted by atomic mass is 35.5. The van der Waals surface area contributed by atoms with Gasteiger partial charge in [0, 0.05) is 5.02 Å². The van der Waals surface area contributed by atoms with Gasteiger partial charge in [-0.3, -0.25) is 0 Å². The molecule has 0 atom stereocenters. The van der Waals surface area contributed by atoms with Crippen LogP contribution in [-0.2, 0) is 6.42 Å². The fourth-order valence-corrected chi connectivity index (χ4v) is 1.07. The van der Waals surface area contributed by atoms with E-state index in [1.54, 1.807) is 12.1 Å². The maximum atomic E-state index is 9.28. The predicted octanol–water partition coefficient (Wildman–Crippen LogP) is 1.55. The number of hydrogen-bond acceptors (Lipinski definition) is 2. The van der Waals surface area contributed by atoms with Gasteiger partial charge in [-0.2, -0.15) is 0 Å². The van der Waals surface area contributed by atoms with Gasteiger partial charge in [0.1, 0.15) is 5.75 Å². The van der Waals surface area contributed by atoms with Crippen LogP contribution in [0.25, 0.3) is 0 Å². The Labute approximate surface area is 70.6 Å². The van der Waals surface area contributed by atoms with Crippen molar-refractivity contribution >= 4 is 11.6 Å². The Bertz CT molecular complexity index is 250. The summed E-state index contributed by atoms with van der Waals surface area (Å²) >= 11 is 5.63. The molecule has 11 heavy (non-hydrogen) atoms. The van der Waals surface area contributed by atoms with E-state index >= 15 is 0 Å². The van der Waals surface area contributed by atoms with Crippen LogP contribution in [0.2, 0.25) is 5.02 Å². The number of benzene rings is 1. The first-order valence-electron chi connectivity index (χ1n) is 3.41. The monoisotopic (exact) mass is 171 g/mol. The number of halogens is 1. The lowest BCUT2D eigenvalue weighted by molar-refractivity contribution is 0.468. The zero-order chi connectivity index (χ0) is 8.27. The fraction of sp³-hybridized carbons (Fsp3) is 0.250. The second kappa shape index (κ2) is 3.60. The summed E-state index contributed by atoms with van der Waals surface area (Å²) in [6.07, 6.45) is 0.684. The van der Waals surface area contributed by atoms with Gasteiger partial charge in [-0.25, -0.2) is 0 Å². The summed E-state index contributed by atoms with van der Waals surface area (Å²) in [7, 11) is 0. The number of aromatic hydroxyl groups is 1. The van der Waals surface area contributed by atoms with Gasteiger partial charge in [-0.15, -0.1) is 0 Å². The third-order valence-corrected chi connectivity index (χ3v) is 1.70. The molecule has 0 spiro atoms. The Kier molecular flexibility index (Phi) is 2.74. The molecular formula is C8H10ClNO. The molecular weight excluding hydrogens is 162 g/mol. The first kappa shape index (κ1) is 8.37. The average Bonchev–Trinajstić information content (AvgIpc) is 1.95. The van der Waals surface area contributed by atoms with Crippen molar-refractivity contribution in [3.05, 3.63) is 28.8 Å². The van der Waals surface area contributed by atoms with Crippen LogP contribution < -0.4 is 5.73 Å². The van der Waals surface area contributed by atoms with E-state index < -0.39 is 0 Å². The molecule has 1 aromatic carbocycles. The van der Waals surface area contributed by atoms with Crippen LogP contribution >= 0.6 is 11.6 Å². The summed E-state index contributed by atoms with van der Waals surface area (Å²) in [5.41, 5.74) is 6.17. The van der Waals surface area contributed by atoms with Gasteiger partial charge < -0.3 is 10.8 Å². The molecule has 0 bridgehead atoms. The maximum absolute atomic E-state index is 9.28. The molecule has 0 heterocycles. The highest BCUT2D eigenvalue weighted by Gasteiger charge is 1.99. The molecule has 0 aliphatic heterocycles. The maximum Gasteiger partial charge on any atom is 0.120 e. The number of phenols is 1. The Morgan fingerprint density at radius 2 is 2.18 bits per heavy atom. The Morgan fingerprint density at radius 1 is 1.45 bits per heavy atom. The predicted molar refractivity (Wildman–Crippen MR) is 45.9 cm³/mol. The first-order chi connectivity index (χ1) is 5.24. The van der Waals surface area contributed by atoms with Crippen molar-refractivity contribution in [3.8, 4) is 5.75 Å². The summed E-state index contributed by atoms with van der Waals surface area (Å²) in [6, 6.07) is 5.04. The lowest BCUT2D eigenvalue weighted by atomic mass is 10.1. The fourth-order valence-electron chi connectivity index (χ4n) is 0.904. The van der Waals surface area contributed by atoms with E-state index in [0.29, 0.717) is 18.0 Å². The molecule has 0 amide bonds. The van der Waals surface area contributed by atoms with Gasteiger partial charge >= 0.3 is 0 Å². The minimum atomic E-state index is 0.225. The van der Waals surface area contributed by atoms with Crippen LogP contribution in [0.3, 0.4) is 0 Å². The second-order valence-corrected chi connectivity index (χ2v) is 2.75. The van der Waals surface area contributed by atoms with Crippen molar-refractivity contribution in [1.29, 1.82) is 0 Å². The molecule has 0 aliphatic rings. The van der Waals surface area contributed by atoms with E-state index in [2.05, 4.69) is 0 Å². The van der Waals surface area contributed by atoms with Gasteiger partial charge in [0.2, 0.25) is 0 Å². The molecule has 1 aromatic rings. The van der Waals surface area contributed by atoms with Gasteiger partial charge in [-0.05, 0) is 30.7 Å². The molecule has 60 valence electrons. The van der Waals surface area contributed by atoms with Crippen LogP contribution in [0, 0.1) is 0 Å². The zero-order valence-electron chi connectivity index (χ0n) is 6.05. The first-order valence-corrected chi connectivity index (χ1v) is 3.79. The average molecular weight is 172 g/mol. The number of hydrogen-bond donors (Lipinski definition) is 2. The number of nitrogens with two attached hydrogens (primary N) is 1. The minimum Gasteiger partial charge on any atom is -0.508 e. The Morgan fingerprint density at radius 3 is 2.73 bits per heavy atom. The largest absolute Gasteiger partial charge is 0.508 e. The van der Waals surface area contributed by atoms with E-state index in [0.717, 1.165) is 5.56 Å². The van der Waals surface area contributed by atoms with Crippen molar-refractivity contribution in [2.75, 3.05) is 6.54 Å². The van der Waals surface area contributed by atoms with Crippen molar-refractivity contribution in [1.82, 2.24) is 0 Å². The van der Waals surface area contributed by atoms with Crippen LogP contribution in [-0.4, -0.2) is 11.7 Å². The van der Waals surface area contributed by atoms with Crippen LogP contribution in [0.4, 0.5) is 0 Å². The van der Waals surface area contributed by atoms with E-state index in [9.17, 15) is 5.11 Å². The smallest absolute Gasteiger partial charge is 0.120 e. The molecule has 0 aliphatic carbocycles. The normalized spacial score (nSPS) is 10.0. The standard InChI is InChI=1S/C8H10ClNO/c9-7-2-1-6(3-4-10)8(11)5-7/h1-2,5,11H,3-4,10H2. The van der Waals surface area contributed by atoms with Crippen molar-refractivity contribution in [3.63, 3.8) is 0 Å².